The molecule has 0 amide bonds. The van der Waals surface area contributed by atoms with Gasteiger partial charge in [0, 0.05) is 12.0 Å². The van der Waals surface area contributed by atoms with Gasteiger partial charge in [-0.25, -0.2) is 4.98 Å². The maximum absolute atomic E-state index is 12.6. The van der Waals surface area contributed by atoms with Gasteiger partial charge in [-0.3, -0.25) is 14.4 Å². The number of aryl methyl sites for hydroxylation is 1. The second-order valence-electron chi connectivity index (χ2n) is 8.35. The fraction of sp³-hybridized carbons (Fsp3) is 0.333. The van der Waals surface area contributed by atoms with E-state index in [1.807, 2.05) is 12.1 Å². The van der Waals surface area contributed by atoms with Crippen LogP contribution in [0.25, 0.3) is 10.9 Å². The molecule has 0 unspecified atom stereocenters. The molecular weight excluding hydrogens is 380 g/mol. The van der Waals surface area contributed by atoms with Crippen LogP contribution < -0.4 is 5.56 Å². The molecule has 0 radical (unpaired) electrons. The molecule has 3 aromatic rings. The van der Waals surface area contributed by atoms with Gasteiger partial charge in [0.15, 0.2) is 6.10 Å². The van der Waals surface area contributed by atoms with Gasteiger partial charge >= 0.3 is 5.97 Å². The fourth-order valence-electron chi connectivity index (χ4n) is 3.15. The van der Waals surface area contributed by atoms with Crippen LogP contribution in [0.3, 0.4) is 0 Å². The van der Waals surface area contributed by atoms with Gasteiger partial charge < -0.3 is 9.72 Å². The highest BCUT2D eigenvalue weighted by molar-refractivity contribution is 6.00. The Morgan fingerprint density at radius 3 is 2.40 bits per heavy atom. The van der Waals surface area contributed by atoms with Gasteiger partial charge in [-0.05, 0) is 30.0 Å². The quantitative estimate of drug-likeness (QED) is 0.494. The van der Waals surface area contributed by atoms with Crippen molar-refractivity contribution in [1.82, 2.24) is 9.97 Å². The van der Waals surface area contributed by atoms with E-state index in [4.69, 9.17) is 4.74 Å². The van der Waals surface area contributed by atoms with Crippen molar-refractivity contribution in [1.29, 1.82) is 0 Å². The number of aromatic nitrogens is 2. The van der Waals surface area contributed by atoms with Crippen LogP contribution >= 0.6 is 0 Å². The highest BCUT2D eigenvalue weighted by atomic mass is 16.5. The molecule has 6 heteroatoms. The largest absolute Gasteiger partial charge is 0.454 e. The number of aromatic amines is 1. The minimum atomic E-state index is -0.887. The Labute approximate surface area is 175 Å². The van der Waals surface area contributed by atoms with Crippen molar-refractivity contribution < 1.29 is 14.3 Å². The van der Waals surface area contributed by atoms with Gasteiger partial charge in [-0.15, -0.1) is 0 Å². The van der Waals surface area contributed by atoms with Crippen LogP contribution in [0, 0.1) is 0 Å². The summed E-state index contributed by atoms with van der Waals surface area (Å²) in [5.41, 5.74) is 1.96. The second-order valence-corrected chi connectivity index (χ2v) is 8.35. The zero-order valence-corrected chi connectivity index (χ0v) is 17.7. The molecule has 0 spiro atoms. The number of carbonyl (C=O) groups is 2. The van der Waals surface area contributed by atoms with Crippen molar-refractivity contribution >= 4 is 22.7 Å². The van der Waals surface area contributed by atoms with Crippen LogP contribution in [0.4, 0.5) is 0 Å². The Hall–Kier alpha value is -3.28. The zero-order valence-electron chi connectivity index (χ0n) is 17.7. The highest BCUT2D eigenvalue weighted by Gasteiger charge is 2.21. The molecule has 2 aromatic carbocycles. The van der Waals surface area contributed by atoms with Gasteiger partial charge in [0.05, 0.1) is 17.3 Å². The summed E-state index contributed by atoms with van der Waals surface area (Å²) >= 11 is 0. The molecule has 1 N–H and O–H groups in total. The third-order valence-corrected chi connectivity index (χ3v) is 4.94. The van der Waals surface area contributed by atoms with E-state index in [2.05, 4.69) is 30.7 Å². The van der Waals surface area contributed by atoms with Crippen LogP contribution in [-0.4, -0.2) is 27.8 Å². The summed E-state index contributed by atoms with van der Waals surface area (Å²) in [5.74, 6) is -0.355. The van der Waals surface area contributed by atoms with E-state index >= 15 is 0 Å². The van der Waals surface area contributed by atoms with Gasteiger partial charge in [0.25, 0.3) is 5.56 Å². The van der Waals surface area contributed by atoms with E-state index in [0.717, 1.165) is 5.56 Å². The first kappa shape index (κ1) is 21.4. The number of hydrogen-bond donors (Lipinski definition) is 1. The topological polar surface area (TPSA) is 89.1 Å². The number of para-hydroxylation sites is 1. The lowest BCUT2D eigenvalue weighted by Gasteiger charge is -2.19. The Morgan fingerprint density at radius 2 is 1.73 bits per heavy atom. The molecule has 0 saturated carbocycles. The van der Waals surface area contributed by atoms with Gasteiger partial charge in [0.2, 0.25) is 5.78 Å². The molecule has 3 rings (SSSR count). The predicted molar refractivity (Wildman–Crippen MR) is 116 cm³/mol. The number of ether oxygens (including phenoxy) is 1. The molecule has 0 aliphatic carbocycles. The van der Waals surface area contributed by atoms with E-state index in [1.165, 1.54) is 0 Å². The van der Waals surface area contributed by atoms with Crippen molar-refractivity contribution in [2.24, 2.45) is 0 Å². The van der Waals surface area contributed by atoms with Crippen LogP contribution in [0.1, 0.15) is 55.9 Å². The summed E-state index contributed by atoms with van der Waals surface area (Å²) in [5, 5.41) is 0.500. The van der Waals surface area contributed by atoms with E-state index in [1.54, 1.807) is 43.3 Å². The van der Waals surface area contributed by atoms with E-state index < -0.39 is 12.1 Å². The number of hydrogen-bond acceptors (Lipinski definition) is 5. The summed E-state index contributed by atoms with van der Waals surface area (Å²) in [6.45, 7) is 7.87. The normalized spacial score (nSPS) is 12.5. The van der Waals surface area contributed by atoms with Crippen LogP contribution in [0.15, 0.2) is 53.3 Å². The third-order valence-electron chi connectivity index (χ3n) is 4.94. The van der Waals surface area contributed by atoms with Crippen LogP contribution in [0.2, 0.25) is 0 Å². The van der Waals surface area contributed by atoms with Gasteiger partial charge in [-0.2, -0.15) is 0 Å². The first-order valence-electron chi connectivity index (χ1n) is 9.97. The lowest BCUT2D eigenvalue weighted by molar-refractivity contribution is -0.146. The number of benzene rings is 2. The first-order valence-corrected chi connectivity index (χ1v) is 9.97. The fourth-order valence-corrected chi connectivity index (χ4v) is 3.15. The van der Waals surface area contributed by atoms with E-state index in [0.29, 0.717) is 22.3 Å². The SMILES string of the molecule is C[C@@H](OC(=O)CCc1nc2ccccc2c(=O)[nH]1)C(=O)c1ccc(C(C)(C)C)cc1. The Kier molecular flexibility index (Phi) is 6.15. The first-order chi connectivity index (χ1) is 14.1. The Bertz CT molecular complexity index is 1120. The monoisotopic (exact) mass is 406 g/mol. The second kappa shape index (κ2) is 8.61. The summed E-state index contributed by atoms with van der Waals surface area (Å²) in [6.07, 6.45) is -0.649. The van der Waals surface area contributed by atoms with Crippen molar-refractivity contribution in [3.8, 4) is 0 Å². The molecule has 0 aliphatic heterocycles. The third kappa shape index (κ3) is 5.00. The number of nitrogens with one attached hydrogen (secondary N) is 1. The molecule has 0 fully saturated rings. The number of H-pyrrole nitrogens is 1. The zero-order chi connectivity index (χ0) is 21.9. The molecule has 0 aliphatic rings. The molecule has 6 nitrogen and oxygen atoms in total. The molecule has 1 aromatic heterocycles. The molecule has 0 bridgehead atoms. The number of esters is 1. The number of fused-ring (bicyclic) bond motifs is 1. The summed E-state index contributed by atoms with van der Waals surface area (Å²) in [6, 6.07) is 14.4. The molecule has 156 valence electrons. The smallest absolute Gasteiger partial charge is 0.306 e. The Morgan fingerprint density at radius 1 is 1.07 bits per heavy atom. The minimum absolute atomic E-state index is 0.00255. The number of ketones is 1. The van der Waals surface area contributed by atoms with E-state index in [9.17, 15) is 14.4 Å². The highest BCUT2D eigenvalue weighted by Crippen LogP contribution is 2.22. The van der Waals surface area contributed by atoms with Crippen molar-refractivity contribution in [2.45, 2.75) is 52.1 Å². The standard InChI is InChI=1S/C24H26N2O4/c1-15(22(28)16-9-11-17(12-10-16)24(2,3)4)30-21(27)14-13-20-25-19-8-6-5-7-18(19)23(29)26-20/h5-12,15H,13-14H2,1-4H3,(H,25,26,29)/t15-/m1/s1. The minimum Gasteiger partial charge on any atom is -0.454 e. The Balaban J connectivity index is 1.59. The molecule has 0 saturated heterocycles. The van der Waals surface area contributed by atoms with Gasteiger partial charge in [0.1, 0.15) is 5.82 Å². The van der Waals surface area contributed by atoms with Crippen molar-refractivity contribution in [3.05, 3.63) is 75.8 Å². The molecular formula is C24H26N2O4. The summed E-state index contributed by atoms with van der Waals surface area (Å²) in [4.78, 5) is 43.9. The number of rotatable bonds is 6. The number of nitrogens with zero attached hydrogens (tertiary/aromatic N) is 1. The maximum atomic E-state index is 12.6. The van der Waals surface area contributed by atoms with Crippen LogP contribution in [0.5, 0.6) is 0 Å². The lowest BCUT2D eigenvalue weighted by atomic mass is 9.86. The van der Waals surface area contributed by atoms with Gasteiger partial charge in [-0.1, -0.05) is 57.2 Å². The summed E-state index contributed by atoms with van der Waals surface area (Å²) in [7, 11) is 0. The van der Waals surface area contributed by atoms with Crippen molar-refractivity contribution in [3.63, 3.8) is 0 Å². The van der Waals surface area contributed by atoms with Crippen molar-refractivity contribution in [2.75, 3.05) is 0 Å². The maximum Gasteiger partial charge on any atom is 0.306 e. The van der Waals surface area contributed by atoms with Crippen LogP contribution in [-0.2, 0) is 21.4 Å². The number of carbonyl (C=O) groups excluding carboxylic acids is 2. The lowest BCUT2D eigenvalue weighted by Crippen LogP contribution is -2.25. The molecule has 1 heterocycles. The molecule has 1 atom stereocenters. The number of Topliss-reactive ketones (excluding diaryl/α,β-unsaturated/α-hetero) is 1. The predicted octanol–water partition coefficient (Wildman–Crippen LogP) is 3.97. The summed E-state index contributed by atoms with van der Waals surface area (Å²) < 4.78 is 5.30. The average Bonchev–Trinajstić information content (AvgIpc) is 2.71. The van der Waals surface area contributed by atoms with E-state index in [-0.39, 0.29) is 29.6 Å². The molecule has 30 heavy (non-hydrogen) atoms. The average molecular weight is 406 g/mol.